The molecule has 3 aromatic rings. The van der Waals surface area contributed by atoms with E-state index in [4.69, 9.17) is 0 Å². The SMILES string of the molecule is O=Cc1ccc(C(=O)/C=C/c2nccn2Cc2ccccc2)cc1. The van der Waals surface area contributed by atoms with Crippen LogP contribution in [-0.4, -0.2) is 21.6 Å². The van der Waals surface area contributed by atoms with Crippen molar-refractivity contribution in [3.05, 3.63) is 95.6 Å². The lowest BCUT2D eigenvalue weighted by atomic mass is 10.1. The Labute approximate surface area is 140 Å². The van der Waals surface area contributed by atoms with E-state index in [9.17, 15) is 9.59 Å². The summed E-state index contributed by atoms with van der Waals surface area (Å²) in [6.45, 7) is 0.697. The van der Waals surface area contributed by atoms with E-state index < -0.39 is 0 Å². The predicted octanol–water partition coefficient (Wildman–Crippen LogP) is 3.64. The van der Waals surface area contributed by atoms with Gasteiger partial charge in [0, 0.05) is 30.1 Å². The second-order valence-electron chi connectivity index (χ2n) is 5.34. The summed E-state index contributed by atoms with van der Waals surface area (Å²) in [5.74, 6) is 0.596. The van der Waals surface area contributed by atoms with Crippen molar-refractivity contribution in [1.29, 1.82) is 0 Å². The van der Waals surface area contributed by atoms with Crippen molar-refractivity contribution in [2.24, 2.45) is 0 Å². The molecule has 0 N–H and O–H groups in total. The number of hydrogen-bond acceptors (Lipinski definition) is 3. The van der Waals surface area contributed by atoms with Crippen molar-refractivity contribution in [3.63, 3.8) is 0 Å². The second kappa shape index (κ2) is 7.33. The number of aldehydes is 1. The molecule has 0 aliphatic rings. The van der Waals surface area contributed by atoms with Crippen LogP contribution >= 0.6 is 0 Å². The first-order valence-electron chi connectivity index (χ1n) is 7.59. The average molecular weight is 316 g/mol. The Morgan fingerprint density at radius 1 is 1.04 bits per heavy atom. The van der Waals surface area contributed by atoms with Gasteiger partial charge in [-0.05, 0) is 17.7 Å². The molecular formula is C20H16N2O2. The minimum atomic E-state index is -0.123. The fraction of sp³-hybridized carbons (Fsp3) is 0.0500. The van der Waals surface area contributed by atoms with Crippen LogP contribution in [0, 0.1) is 0 Å². The van der Waals surface area contributed by atoms with E-state index in [0.717, 1.165) is 12.1 Å². The molecular weight excluding hydrogens is 300 g/mol. The van der Waals surface area contributed by atoms with E-state index >= 15 is 0 Å². The van der Waals surface area contributed by atoms with Gasteiger partial charge in [-0.2, -0.15) is 0 Å². The van der Waals surface area contributed by atoms with Crippen molar-refractivity contribution in [2.45, 2.75) is 6.54 Å². The van der Waals surface area contributed by atoms with Gasteiger partial charge in [-0.15, -0.1) is 0 Å². The highest BCUT2D eigenvalue weighted by Crippen LogP contribution is 2.09. The number of carbonyl (C=O) groups excluding carboxylic acids is 2. The lowest BCUT2D eigenvalue weighted by Gasteiger charge is -2.05. The number of allylic oxidation sites excluding steroid dienone is 1. The van der Waals surface area contributed by atoms with Crippen molar-refractivity contribution in [1.82, 2.24) is 9.55 Å². The van der Waals surface area contributed by atoms with E-state index in [1.807, 2.05) is 41.1 Å². The minimum absolute atomic E-state index is 0.123. The van der Waals surface area contributed by atoms with Gasteiger partial charge in [-0.3, -0.25) is 9.59 Å². The number of benzene rings is 2. The highest BCUT2D eigenvalue weighted by atomic mass is 16.1. The molecule has 118 valence electrons. The Hall–Kier alpha value is -3.27. The molecule has 0 unspecified atom stereocenters. The zero-order valence-electron chi connectivity index (χ0n) is 13.0. The molecule has 0 aliphatic carbocycles. The standard InChI is InChI=1S/C20H16N2O2/c23-15-17-6-8-18(9-7-17)19(24)10-11-20-21-12-13-22(20)14-16-4-2-1-3-5-16/h1-13,15H,14H2/b11-10+. The fourth-order valence-electron chi connectivity index (χ4n) is 2.37. The van der Waals surface area contributed by atoms with Gasteiger partial charge in [0.25, 0.3) is 0 Å². The highest BCUT2D eigenvalue weighted by molar-refractivity contribution is 6.06. The van der Waals surface area contributed by atoms with Gasteiger partial charge in [0.05, 0.1) is 0 Å². The number of imidazole rings is 1. The largest absolute Gasteiger partial charge is 0.327 e. The lowest BCUT2D eigenvalue weighted by Crippen LogP contribution is -2.01. The Kier molecular flexibility index (Phi) is 4.77. The molecule has 4 heteroatoms. The zero-order chi connectivity index (χ0) is 16.8. The summed E-state index contributed by atoms with van der Waals surface area (Å²) in [5.41, 5.74) is 2.26. The predicted molar refractivity (Wildman–Crippen MR) is 93.0 cm³/mol. The topological polar surface area (TPSA) is 52.0 Å². The van der Waals surface area contributed by atoms with Crippen molar-refractivity contribution in [2.75, 3.05) is 0 Å². The summed E-state index contributed by atoms with van der Waals surface area (Å²) in [6.07, 6.45) is 7.56. The van der Waals surface area contributed by atoms with Gasteiger partial charge in [0.2, 0.25) is 0 Å². The number of rotatable bonds is 6. The summed E-state index contributed by atoms with van der Waals surface area (Å²) in [5, 5.41) is 0. The number of nitrogens with zero attached hydrogens (tertiary/aromatic N) is 2. The van der Waals surface area contributed by atoms with Crippen LogP contribution in [0.5, 0.6) is 0 Å². The van der Waals surface area contributed by atoms with E-state index in [1.165, 1.54) is 11.6 Å². The molecule has 24 heavy (non-hydrogen) atoms. The molecule has 1 heterocycles. The molecule has 0 radical (unpaired) electrons. The molecule has 3 rings (SSSR count). The molecule has 2 aromatic carbocycles. The average Bonchev–Trinajstić information content (AvgIpc) is 3.07. The molecule has 0 bridgehead atoms. The monoisotopic (exact) mass is 316 g/mol. The first-order valence-corrected chi connectivity index (χ1v) is 7.59. The summed E-state index contributed by atoms with van der Waals surface area (Å²) in [6, 6.07) is 16.6. The van der Waals surface area contributed by atoms with Crippen LogP contribution in [0.4, 0.5) is 0 Å². The van der Waals surface area contributed by atoms with Gasteiger partial charge in [0.15, 0.2) is 5.78 Å². The smallest absolute Gasteiger partial charge is 0.185 e. The molecule has 0 fully saturated rings. The van der Waals surface area contributed by atoms with Crippen molar-refractivity contribution in [3.8, 4) is 0 Å². The second-order valence-corrected chi connectivity index (χ2v) is 5.34. The number of carbonyl (C=O) groups is 2. The maximum atomic E-state index is 12.2. The number of ketones is 1. The Bertz CT molecular complexity index is 862. The third kappa shape index (κ3) is 3.73. The van der Waals surface area contributed by atoms with E-state index in [2.05, 4.69) is 4.98 Å². The van der Waals surface area contributed by atoms with Gasteiger partial charge >= 0.3 is 0 Å². The lowest BCUT2D eigenvalue weighted by molar-refractivity contribution is 0.104. The van der Waals surface area contributed by atoms with Crippen LogP contribution < -0.4 is 0 Å². The van der Waals surface area contributed by atoms with Gasteiger partial charge in [0.1, 0.15) is 12.1 Å². The molecule has 4 nitrogen and oxygen atoms in total. The van der Waals surface area contributed by atoms with E-state index in [0.29, 0.717) is 17.7 Å². The summed E-state index contributed by atoms with van der Waals surface area (Å²) in [7, 11) is 0. The van der Waals surface area contributed by atoms with Crippen molar-refractivity contribution < 1.29 is 9.59 Å². The number of aromatic nitrogens is 2. The fourth-order valence-corrected chi connectivity index (χ4v) is 2.37. The van der Waals surface area contributed by atoms with Crippen LogP contribution in [0.1, 0.15) is 32.1 Å². The maximum Gasteiger partial charge on any atom is 0.185 e. The molecule has 0 atom stereocenters. The Morgan fingerprint density at radius 3 is 2.50 bits per heavy atom. The Morgan fingerprint density at radius 2 is 1.79 bits per heavy atom. The molecule has 0 saturated carbocycles. The summed E-state index contributed by atoms with van der Waals surface area (Å²) < 4.78 is 1.98. The van der Waals surface area contributed by atoms with Crippen LogP contribution in [0.3, 0.4) is 0 Å². The van der Waals surface area contributed by atoms with Crippen molar-refractivity contribution >= 4 is 18.1 Å². The van der Waals surface area contributed by atoms with E-state index in [-0.39, 0.29) is 5.78 Å². The number of hydrogen-bond donors (Lipinski definition) is 0. The highest BCUT2D eigenvalue weighted by Gasteiger charge is 2.04. The summed E-state index contributed by atoms with van der Waals surface area (Å²) in [4.78, 5) is 27.1. The summed E-state index contributed by atoms with van der Waals surface area (Å²) >= 11 is 0. The normalized spacial score (nSPS) is 10.8. The van der Waals surface area contributed by atoms with Crippen LogP contribution in [0.25, 0.3) is 6.08 Å². The van der Waals surface area contributed by atoms with Crippen LogP contribution in [0.15, 0.2) is 73.1 Å². The maximum absolute atomic E-state index is 12.2. The quantitative estimate of drug-likeness (QED) is 0.396. The molecule has 0 aliphatic heterocycles. The van der Waals surface area contributed by atoms with Crippen LogP contribution in [-0.2, 0) is 6.54 Å². The van der Waals surface area contributed by atoms with Gasteiger partial charge < -0.3 is 4.57 Å². The molecule has 0 saturated heterocycles. The van der Waals surface area contributed by atoms with Gasteiger partial charge in [-0.25, -0.2) is 4.98 Å². The van der Waals surface area contributed by atoms with E-state index in [1.54, 1.807) is 36.5 Å². The third-order valence-electron chi connectivity index (χ3n) is 3.66. The van der Waals surface area contributed by atoms with Gasteiger partial charge in [-0.1, -0.05) is 54.6 Å². The third-order valence-corrected chi connectivity index (χ3v) is 3.66. The molecule has 0 amide bonds. The minimum Gasteiger partial charge on any atom is -0.327 e. The zero-order valence-corrected chi connectivity index (χ0v) is 13.0. The first-order chi connectivity index (χ1) is 11.8. The molecule has 0 spiro atoms. The first kappa shape index (κ1) is 15.6. The molecule has 1 aromatic heterocycles. The Balaban J connectivity index is 1.73. The van der Waals surface area contributed by atoms with Crippen LogP contribution in [0.2, 0.25) is 0 Å².